The van der Waals surface area contributed by atoms with Crippen LogP contribution in [0.2, 0.25) is 0 Å². The molecule has 126 valence electrons. The van der Waals surface area contributed by atoms with Gasteiger partial charge in [0.05, 0.1) is 0 Å². The Balaban J connectivity index is 0.00000117. The van der Waals surface area contributed by atoms with Crippen molar-refractivity contribution in [2.24, 2.45) is 0 Å². The molecular formula is C21H42. The maximum atomic E-state index is 3.88. The van der Waals surface area contributed by atoms with Crippen LogP contribution in [0.5, 0.6) is 0 Å². The lowest BCUT2D eigenvalue weighted by Crippen LogP contribution is -1.83. The Hall–Kier alpha value is 0. The SMILES string of the molecule is [CH2]CCCCCCCCCCCCCCCCC.[CH]1CC1. The fourth-order valence-corrected chi connectivity index (χ4v) is 2.55. The lowest BCUT2D eigenvalue weighted by molar-refractivity contribution is 0.533. The zero-order valence-electron chi connectivity index (χ0n) is 15.0. The van der Waals surface area contributed by atoms with Gasteiger partial charge in [0.25, 0.3) is 0 Å². The fourth-order valence-electron chi connectivity index (χ4n) is 2.55. The minimum Gasteiger partial charge on any atom is -0.0654 e. The van der Waals surface area contributed by atoms with Crippen molar-refractivity contribution in [3.63, 3.8) is 0 Å². The number of hydrogen-bond donors (Lipinski definition) is 0. The van der Waals surface area contributed by atoms with E-state index in [-0.39, 0.29) is 0 Å². The van der Waals surface area contributed by atoms with Crippen molar-refractivity contribution >= 4 is 0 Å². The molecule has 2 radical (unpaired) electrons. The molecule has 0 amide bonds. The predicted octanol–water partition coefficient (Wildman–Crippen LogP) is 8.07. The van der Waals surface area contributed by atoms with Gasteiger partial charge in [0, 0.05) is 0 Å². The van der Waals surface area contributed by atoms with Gasteiger partial charge in [0.15, 0.2) is 0 Å². The highest BCUT2D eigenvalue weighted by atomic mass is 14.0. The molecule has 0 aromatic heterocycles. The molecule has 0 nitrogen and oxygen atoms in total. The minimum atomic E-state index is 1.12. The lowest BCUT2D eigenvalue weighted by Gasteiger charge is -2.03. The van der Waals surface area contributed by atoms with E-state index < -0.39 is 0 Å². The van der Waals surface area contributed by atoms with Crippen LogP contribution in [0.4, 0.5) is 0 Å². The molecule has 1 aliphatic carbocycles. The summed E-state index contributed by atoms with van der Waals surface area (Å²) in [5.74, 6) is 0. The first kappa shape index (κ1) is 21.0. The molecule has 21 heavy (non-hydrogen) atoms. The third kappa shape index (κ3) is 25.3. The van der Waals surface area contributed by atoms with Crippen LogP contribution >= 0.6 is 0 Å². The molecule has 1 aliphatic rings. The zero-order valence-corrected chi connectivity index (χ0v) is 15.0. The topological polar surface area (TPSA) is 0 Å². The van der Waals surface area contributed by atoms with Crippen molar-refractivity contribution in [2.75, 3.05) is 0 Å². The van der Waals surface area contributed by atoms with Gasteiger partial charge in [-0.2, -0.15) is 0 Å². The van der Waals surface area contributed by atoms with E-state index in [0.717, 1.165) is 6.42 Å². The van der Waals surface area contributed by atoms with Crippen molar-refractivity contribution in [1.82, 2.24) is 0 Å². The summed E-state index contributed by atoms with van der Waals surface area (Å²) in [6, 6.07) is 0. The van der Waals surface area contributed by atoms with Crippen molar-refractivity contribution < 1.29 is 0 Å². The van der Waals surface area contributed by atoms with E-state index in [9.17, 15) is 0 Å². The largest absolute Gasteiger partial charge is 0.0654 e. The first-order valence-corrected chi connectivity index (χ1v) is 10.0. The van der Waals surface area contributed by atoms with E-state index in [1.807, 2.05) is 0 Å². The summed E-state index contributed by atoms with van der Waals surface area (Å²) in [7, 11) is 0. The molecule has 0 saturated heterocycles. The van der Waals surface area contributed by atoms with Crippen LogP contribution in [-0.4, -0.2) is 0 Å². The van der Waals surface area contributed by atoms with Crippen LogP contribution in [0.25, 0.3) is 0 Å². The molecule has 0 atom stereocenters. The second-order valence-corrected chi connectivity index (χ2v) is 6.67. The van der Waals surface area contributed by atoms with E-state index in [1.165, 1.54) is 109 Å². The van der Waals surface area contributed by atoms with Gasteiger partial charge >= 0.3 is 0 Å². The molecule has 0 aliphatic heterocycles. The highest BCUT2D eigenvalue weighted by Gasteiger charge is 1.96. The van der Waals surface area contributed by atoms with E-state index >= 15 is 0 Å². The third-order valence-corrected chi connectivity index (χ3v) is 4.14. The van der Waals surface area contributed by atoms with Gasteiger partial charge in [0.2, 0.25) is 0 Å². The first-order chi connectivity index (χ1) is 10.4. The molecule has 0 aromatic carbocycles. The molecule has 0 spiro atoms. The Labute approximate surface area is 136 Å². The molecule has 0 bridgehead atoms. The van der Waals surface area contributed by atoms with Crippen LogP contribution < -0.4 is 0 Å². The van der Waals surface area contributed by atoms with Gasteiger partial charge in [0.1, 0.15) is 0 Å². The molecule has 1 saturated carbocycles. The highest BCUT2D eigenvalue weighted by Crippen LogP contribution is 2.13. The number of unbranched alkanes of at least 4 members (excludes halogenated alkanes) is 15. The minimum absolute atomic E-state index is 1.12. The van der Waals surface area contributed by atoms with Gasteiger partial charge in [-0.25, -0.2) is 0 Å². The molecular weight excluding hydrogens is 252 g/mol. The van der Waals surface area contributed by atoms with Gasteiger partial charge in [-0.05, 0) is 19.3 Å². The summed E-state index contributed by atoms with van der Waals surface area (Å²) in [6.07, 6.45) is 27.8. The predicted molar refractivity (Wildman–Crippen MR) is 98.4 cm³/mol. The normalized spacial score (nSPS) is 12.9. The van der Waals surface area contributed by atoms with Gasteiger partial charge in [-0.1, -0.05) is 117 Å². The van der Waals surface area contributed by atoms with Crippen LogP contribution in [0.3, 0.4) is 0 Å². The van der Waals surface area contributed by atoms with Gasteiger partial charge < -0.3 is 0 Å². The average Bonchev–Trinajstić information content (AvgIpc) is 3.36. The second kappa shape index (κ2) is 20.0. The summed E-state index contributed by atoms with van der Waals surface area (Å²) in [5, 5.41) is 0. The second-order valence-electron chi connectivity index (χ2n) is 6.67. The van der Waals surface area contributed by atoms with E-state index in [0.29, 0.717) is 0 Å². The Morgan fingerprint density at radius 1 is 0.571 bits per heavy atom. The van der Waals surface area contributed by atoms with Crippen molar-refractivity contribution in [3.8, 4) is 0 Å². The molecule has 1 fully saturated rings. The van der Waals surface area contributed by atoms with E-state index in [2.05, 4.69) is 20.3 Å². The average molecular weight is 295 g/mol. The molecule has 0 N–H and O–H groups in total. The Morgan fingerprint density at radius 2 is 0.857 bits per heavy atom. The first-order valence-electron chi connectivity index (χ1n) is 10.0. The van der Waals surface area contributed by atoms with Crippen LogP contribution in [0.15, 0.2) is 0 Å². The lowest BCUT2D eigenvalue weighted by atomic mass is 10.0. The Kier molecular flexibility index (Phi) is 20.0. The van der Waals surface area contributed by atoms with Crippen LogP contribution in [0.1, 0.15) is 122 Å². The standard InChI is InChI=1S/C18H37.C3H5/c1-3-5-7-9-11-13-15-17-18-16-14-12-10-8-6-4-2;1-2-3-1/h1,3-18H2,2H3;1H,2-3H2. The smallest absolute Gasteiger partial charge is 0.0386 e. The molecule has 0 aromatic rings. The molecule has 1 rings (SSSR count). The van der Waals surface area contributed by atoms with Crippen LogP contribution in [0, 0.1) is 13.3 Å². The number of hydrogen-bond acceptors (Lipinski definition) is 0. The monoisotopic (exact) mass is 294 g/mol. The van der Waals surface area contributed by atoms with Gasteiger partial charge in [-0.15, -0.1) is 0 Å². The van der Waals surface area contributed by atoms with Crippen molar-refractivity contribution in [1.29, 1.82) is 0 Å². The summed E-state index contributed by atoms with van der Waals surface area (Å²) < 4.78 is 0. The fraction of sp³-hybridized carbons (Fsp3) is 0.905. The Bertz CT molecular complexity index is 141. The maximum absolute atomic E-state index is 3.88. The van der Waals surface area contributed by atoms with Crippen molar-refractivity contribution in [2.45, 2.75) is 122 Å². The number of rotatable bonds is 15. The van der Waals surface area contributed by atoms with Crippen molar-refractivity contribution in [3.05, 3.63) is 13.3 Å². The third-order valence-electron chi connectivity index (χ3n) is 4.14. The summed E-state index contributed by atoms with van der Waals surface area (Å²) >= 11 is 0. The zero-order chi connectivity index (χ0) is 15.4. The summed E-state index contributed by atoms with van der Waals surface area (Å²) in [4.78, 5) is 0. The van der Waals surface area contributed by atoms with Crippen LogP contribution in [-0.2, 0) is 0 Å². The molecule has 0 heteroatoms. The Morgan fingerprint density at radius 3 is 1.10 bits per heavy atom. The van der Waals surface area contributed by atoms with Gasteiger partial charge in [-0.3, -0.25) is 0 Å². The van der Waals surface area contributed by atoms with E-state index in [1.54, 1.807) is 0 Å². The quantitative estimate of drug-likeness (QED) is 0.268. The summed E-state index contributed by atoms with van der Waals surface area (Å²) in [6.45, 7) is 6.18. The molecule has 0 unspecified atom stereocenters. The van der Waals surface area contributed by atoms with E-state index in [4.69, 9.17) is 0 Å². The molecule has 0 heterocycles. The summed E-state index contributed by atoms with van der Waals surface area (Å²) in [5.41, 5.74) is 0. The highest BCUT2D eigenvalue weighted by molar-refractivity contribution is 4.79. The maximum Gasteiger partial charge on any atom is -0.0386 e.